The van der Waals surface area contributed by atoms with Crippen LogP contribution < -0.4 is 4.74 Å². The monoisotopic (exact) mass is 339 g/mol. The highest BCUT2D eigenvalue weighted by molar-refractivity contribution is 5.96. The molecule has 1 unspecified atom stereocenters. The Labute approximate surface area is 149 Å². The van der Waals surface area contributed by atoms with E-state index in [0.717, 1.165) is 11.1 Å². The first-order valence-electron chi connectivity index (χ1n) is 8.46. The molecule has 0 saturated heterocycles. The van der Waals surface area contributed by atoms with Crippen molar-refractivity contribution in [2.75, 3.05) is 13.7 Å². The van der Waals surface area contributed by atoms with Crippen LogP contribution in [0.3, 0.4) is 0 Å². The molecule has 1 aromatic carbocycles. The molecule has 2 aromatic rings. The molecule has 25 heavy (non-hydrogen) atoms. The number of ether oxygens (including phenoxy) is 1. The van der Waals surface area contributed by atoms with Crippen LogP contribution in [0, 0.1) is 12.8 Å². The molecule has 0 aliphatic carbocycles. The minimum atomic E-state index is 0.0288. The number of carbonyl (C=O) groups excluding carboxylic acids is 1. The average Bonchev–Trinajstić information content (AvgIpc) is 2.61. The Morgan fingerprint density at radius 2 is 2.00 bits per heavy atom. The molecule has 0 spiro atoms. The summed E-state index contributed by atoms with van der Waals surface area (Å²) in [5.74, 6) is 0.663. The molecule has 1 heterocycles. The van der Waals surface area contributed by atoms with E-state index >= 15 is 0 Å². The van der Waals surface area contributed by atoms with Crippen LogP contribution in [0.25, 0.3) is 12.2 Å². The molecule has 0 amide bonds. The largest absolute Gasteiger partial charge is 0.481 e. The van der Waals surface area contributed by atoms with Crippen molar-refractivity contribution >= 4 is 17.9 Å². The van der Waals surface area contributed by atoms with Crippen LogP contribution in [0.5, 0.6) is 5.88 Å². The van der Waals surface area contributed by atoms with Crippen molar-refractivity contribution < 1.29 is 14.6 Å². The predicted octanol–water partition coefficient (Wildman–Crippen LogP) is 4.16. The summed E-state index contributed by atoms with van der Waals surface area (Å²) in [4.78, 5) is 16.7. The van der Waals surface area contributed by atoms with Crippen LogP contribution in [-0.4, -0.2) is 29.6 Å². The Kier molecular flexibility index (Phi) is 6.90. The normalized spacial score (nSPS) is 12.3. The number of benzene rings is 1. The Morgan fingerprint density at radius 3 is 2.64 bits per heavy atom. The molecule has 1 atom stereocenters. The maximum atomic E-state index is 12.4. The summed E-state index contributed by atoms with van der Waals surface area (Å²) >= 11 is 0. The van der Waals surface area contributed by atoms with Crippen molar-refractivity contribution in [2.45, 2.75) is 26.7 Å². The van der Waals surface area contributed by atoms with Gasteiger partial charge in [0.2, 0.25) is 5.88 Å². The Hall–Kier alpha value is -2.46. The lowest BCUT2D eigenvalue weighted by atomic mass is 9.97. The summed E-state index contributed by atoms with van der Waals surface area (Å²) in [6, 6.07) is 9.99. The van der Waals surface area contributed by atoms with E-state index in [0.29, 0.717) is 24.3 Å². The zero-order valence-electron chi connectivity index (χ0n) is 15.0. The van der Waals surface area contributed by atoms with E-state index in [2.05, 4.69) is 17.1 Å². The van der Waals surface area contributed by atoms with Crippen LogP contribution in [0.15, 0.2) is 36.5 Å². The Bertz CT molecular complexity index is 735. The van der Waals surface area contributed by atoms with Crippen molar-refractivity contribution in [3.63, 3.8) is 0 Å². The maximum absolute atomic E-state index is 12.4. The van der Waals surface area contributed by atoms with Gasteiger partial charge in [0.05, 0.1) is 7.11 Å². The van der Waals surface area contributed by atoms with Gasteiger partial charge in [-0.05, 0) is 37.0 Å². The van der Waals surface area contributed by atoms with Crippen LogP contribution in [-0.2, 0) is 0 Å². The summed E-state index contributed by atoms with van der Waals surface area (Å²) in [6.45, 7) is 4.11. The van der Waals surface area contributed by atoms with Crippen molar-refractivity contribution in [3.8, 4) is 5.88 Å². The fourth-order valence-corrected chi connectivity index (χ4v) is 2.53. The molecule has 1 N–H and O–H groups in total. The fraction of sp³-hybridized carbons (Fsp3) is 0.333. The second kappa shape index (κ2) is 9.14. The van der Waals surface area contributed by atoms with Gasteiger partial charge in [0.1, 0.15) is 0 Å². The van der Waals surface area contributed by atoms with Crippen LogP contribution >= 0.6 is 0 Å². The number of aromatic nitrogens is 1. The van der Waals surface area contributed by atoms with E-state index in [-0.39, 0.29) is 18.3 Å². The molecule has 0 bridgehead atoms. The summed E-state index contributed by atoms with van der Waals surface area (Å²) in [7, 11) is 1.57. The summed E-state index contributed by atoms with van der Waals surface area (Å²) in [5, 5.41) is 8.98. The lowest BCUT2D eigenvalue weighted by Crippen LogP contribution is -2.08. The van der Waals surface area contributed by atoms with Crippen molar-refractivity contribution in [2.24, 2.45) is 5.92 Å². The molecule has 2 rings (SSSR count). The van der Waals surface area contributed by atoms with Gasteiger partial charge in [-0.3, -0.25) is 4.79 Å². The van der Waals surface area contributed by atoms with E-state index in [9.17, 15) is 4.79 Å². The van der Waals surface area contributed by atoms with Gasteiger partial charge in [0.15, 0.2) is 5.78 Å². The highest BCUT2D eigenvalue weighted by Crippen LogP contribution is 2.21. The van der Waals surface area contributed by atoms with E-state index in [1.165, 1.54) is 5.56 Å². The van der Waals surface area contributed by atoms with Gasteiger partial charge in [-0.1, -0.05) is 42.8 Å². The van der Waals surface area contributed by atoms with Crippen LogP contribution in [0.1, 0.15) is 46.8 Å². The second-order valence-electron chi connectivity index (χ2n) is 6.31. The highest BCUT2D eigenvalue weighted by Gasteiger charge is 2.13. The van der Waals surface area contributed by atoms with Gasteiger partial charge in [0, 0.05) is 30.4 Å². The quantitative estimate of drug-likeness (QED) is 0.734. The number of methoxy groups -OCH3 is 1. The molecule has 4 nitrogen and oxygen atoms in total. The zero-order valence-corrected chi connectivity index (χ0v) is 15.0. The van der Waals surface area contributed by atoms with Gasteiger partial charge >= 0.3 is 0 Å². The van der Waals surface area contributed by atoms with Gasteiger partial charge < -0.3 is 9.84 Å². The lowest BCUT2D eigenvalue weighted by Gasteiger charge is -2.10. The topological polar surface area (TPSA) is 59.4 Å². The number of ketones is 1. The van der Waals surface area contributed by atoms with E-state index in [4.69, 9.17) is 9.84 Å². The number of nitrogens with zero attached hydrogens (tertiary/aromatic N) is 1. The third kappa shape index (κ3) is 5.54. The number of rotatable bonds is 8. The van der Waals surface area contributed by atoms with Crippen LogP contribution in [0.4, 0.5) is 0 Å². The number of aliphatic hydroxyl groups is 1. The minimum absolute atomic E-state index is 0.0288. The van der Waals surface area contributed by atoms with Crippen LogP contribution in [0.2, 0.25) is 0 Å². The Morgan fingerprint density at radius 1 is 1.28 bits per heavy atom. The maximum Gasteiger partial charge on any atom is 0.220 e. The fourth-order valence-electron chi connectivity index (χ4n) is 2.53. The van der Waals surface area contributed by atoms with Crippen molar-refractivity contribution in [1.82, 2.24) is 4.98 Å². The molecule has 0 fully saturated rings. The summed E-state index contributed by atoms with van der Waals surface area (Å²) < 4.78 is 5.30. The van der Waals surface area contributed by atoms with Crippen molar-refractivity contribution in [3.05, 3.63) is 58.8 Å². The number of hydrogen-bond donors (Lipinski definition) is 1. The predicted molar refractivity (Wildman–Crippen MR) is 101 cm³/mol. The third-order valence-corrected chi connectivity index (χ3v) is 4.08. The minimum Gasteiger partial charge on any atom is -0.481 e. The third-order valence-electron chi connectivity index (χ3n) is 4.08. The molecule has 1 aromatic heterocycles. The van der Waals surface area contributed by atoms with Gasteiger partial charge in [0.25, 0.3) is 0 Å². The van der Waals surface area contributed by atoms with Crippen molar-refractivity contribution in [1.29, 1.82) is 0 Å². The average molecular weight is 339 g/mol. The van der Waals surface area contributed by atoms with Gasteiger partial charge in [-0.15, -0.1) is 0 Å². The number of aryl methyl sites for hydroxylation is 1. The number of hydrogen-bond acceptors (Lipinski definition) is 4. The van der Waals surface area contributed by atoms with E-state index in [1.54, 1.807) is 13.3 Å². The van der Waals surface area contributed by atoms with E-state index < -0.39 is 0 Å². The van der Waals surface area contributed by atoms with Gasteiger partial charge in [-0.2, -0.15) is 0 Å². The first-order chi connectivity index (χ1) is 12.0. The van der Waals surface area contributed by atoms with E-state index in [1.807, 2.05) is 44.2 Å². The smallest absolute Gasteiger partial charge is 0.220 e. The first kappa shape index (κ1) is 18.9. The number of carbonyl (C=O) groups is 1. The molecule has 0 aliphatic rings. The Balaban J connectivity index is 2.21. The first-order valence-corrected chi connectivity index (χ1v) is 8.46. The molecule has 132 valence electrons. The zero-order chi connectivity index (χ0) is 18.2. The molecule has 0 aliphatic heterocycles. The highest BCUT2D eigenvalue weighted by atomic mass is 16.5. The summed E-state index contributed by atoms with van der Waals surface area (Å²) in [6.07, 6.45) is 6.45. The summed E-state index contributed by atoms with van der Waals surface area (Å²) in [5.41, 5.74) is 3.61. The molecule has 4 heteroatoms. The molecule has 0 radical (unpaired) electrons. The molecular formula is C21H25NO3. The standard InChI is InChI=1S/C21H25NO3/c1-15-4-6-17(7-5-15)8-9-18-13-19(14-22-21(18)25-3)20(24)12-16(2)10-11-23/h4-9,13-14,16,23H,10-12H2,1-3H3/b9-8+. The number of aliphatic hydroxyl groups excluding tert-OH is 1. The number of pyridine rings is 1. The number of Topliss-reactive ketones (excluding diaryl/α,β-unsaturated/α-hetero) is 1. The van der Waals surface area contributed by atoms with Gasteiger partial charge in [-0.25, -0.2) is 4.98 Å². The second-order valence-corrected chi connectivity index (χ2v) is 6.31. The molecular weight excluding hydrogens is 314 g/mol. The SMILES string of the molecule is COc1ncc(C(=O)CC(C)CCO)cc1/C=C/c1ccc(C)cc1. The molecule has 0 saturated carbocycles. The lowest BCUT2D eigenvalue weighted by molar-refractivity contribution is 0.0957.